The summed E-state index contributed by atoms with van der Waals surface area (Å²) in [6, 6.07) is 13.7. The van der Waals surface area contributed by atoms with Gasteiger partial charge in [0.1, 0.15) is 5.15 Å². The minimum atomic E-state index is -0.0772. The predicted octanol–water partition coefficient (Wildman–Crippen LogP) is 5.88. The van der Waals surface area contributed by atoms with Crippen molar-refractivity contribution in [3.8, 4) is 11.5 Å². The van der Waals surface area contributed by atoms with Crippen molar-refractivity contribution < 1.29 is 14.3 Å². The van der Waals surface area contributed by atoms with E-state index in [1.54, 1.807) is 14.2 Å². The van der Waals surface area contributed by atoms with Gasteiger partial charge in [-0.1, -0.05) is 29.8 Å². The lowest BCUT2D eigenvalue weighted by Gasteiger charge is -2.35. The molecule has 1 aliphatic heterocycles. The van der Waals surface area contributed by atoms with Gasteiger partial charge >= 0.3 is 0 Å². The molecule has 0 unspecified atom stereocenters. The van der Waals surface area contributed by atoms with Crippen LogP contribution in [0.1, 0.15) is 33.8 Å². The highest BCUT2D eigenvalue weighted by Gasteiger charge is 2.31. The Kier molecular flexibility index (Phi) is 4.99. The monoisotopic (exact) mass is 452 g/mol. The van der Waals surface area contributed by atoms with E-state index in [1.807, 2.05) is 47.4 Å². The molecule has 0 fully saturated rings. The molecule has 158 valence electrons. The van der Waals surface area contributed by atoms with Crippen molar-refractivity contribution in [2.75, 3.05) is 20.8 Å². The fourth-order valence-electron chi connectivity index (χ4n) is 4.34. The van der Waals surface area contributed by atoms with Crippen molar-refractivity contribution in [2.24, 2.45) is 0 Å². The molecule has 0 N–H and O–H groups in total. The number of aromatic nitrogens is 1. The summed E-state index contributed by atoms with van der Waals surface area (Å²) in [6.07, 6.45) is 0.766. The molecule has 7 heteroatoms. The second-order valence-corrected chi connectivity index (χ2v) is 9.01. The third kappa shape index (κ3) is 3.22. The van der Waals surface area contributed by atoms with Crippen LogP contribution in [-0.4, -0.2) is 36.6 Å². The van der Waals surface area contributed by atoms with Crippen LogP contribution in [0.5, 0.6) is 11.5 Å². The Morgan fingerprint density at radius 1 is 1.13 bits per heavy atom. The van der Waals surface area contributed by atoms with Gasteiger partial charge in [0, 0.05) is 22.0 Å². The van der Waals surface area contributed by atoms with Gasteiger partial charge in [0.2, 0.25) is 0 Å². The molecule has 0 saturated heterocycles. The first kappa shape index (κ1) is 20.1. The molecular formula is C24H21ClN2O3S. The van der Waals surface area contributed by atoms with E-state index in [9.17, 15) is 4.79 Å². The Balaban J connectivity index is 1.54. The summed E-state index contributed by atoms with van der Waals surface area (Å²) in [6.45, 7) is 2.70. The molecule has 1 aliphatic rings. The summed E-state index contributed by atoms with van der Waals surface area (Å²) in [5.41, 5.74) is 3.11. The van der Waals surface area contributed by atoms with Gasteiger partial charge in [-0.3, -0.25) is 4.79 Å². The van der Waals surface area contributed by atoms with E-state index in [0.29, 0.717) is 28.1 Å². The molecule has 1 atom stereocenters. The maximum Gasteiger partial charge on any atom is 0.264 e. The first-order valence-electron chi connectivity index (χ1n) is 10.1. The summed E-state index contributed by atoms with van der Waals surface area (Å²) in [4.78, 5) is 20.6. The number of thiophene rings is 1. The number of nitrogens with zero attached hydrogens (tertiary/aromatic N) is 2. The van der Waals surface area contributed by atoms with E-state index in [1.165, 1.54) is 16.9 Å². The van der Waals surface area contributed by atoms with Crippen LogP contribution < -0.4 is 9.47 Å². The number of hydrogen-bond donors (Lipinski definition) is 0. The molecule has 4 aromatic rings. The Morgan fingerprint density at radius 2 is 1.87 bits per heavy atom. The Bertz CT molecular complexity index is 1330. The molecule has 0 radical (unpaired) electrons. The number of ether oxygens (including phenoxy) is 2. The van der Waals surface area contributed by atoms with Crippen LogP contribution in [0, 0.1) is 0 Å². The molecule has 2 aromatic carbocycles. The largest absolute Gasteiger partial charge is 0.493 e. The van der Waals surface area contributed by atoms with Crippen LogP contribution in [0.25, 0.3) is 21.0 Å². The summed E-state index contributed by atoms with van der Waals surface area (Å²) in [5.74, 6) is 1.40. The summed E-state index contributed by atoms with van der Waals surface area (Å²) < 4.78 is 11.9. The molecule has 0 saturated carbocycles. The van der Waals surface area contributed by atoms with Crippen molar-refractivity contribution in [3.63, 3.8) is 0 Å². The molecule has 1 amide bonds. The topological polar surface area (TPSA) is 51.7 Å². The van der Waals surface area contributed by atoms with E-state index in [4.69, 9.17) is 21.1 Å². The van der Waals surface area contributed by atoms with E-state index in [2.05, 4.69) is 11.9 Å². The normalized spacial score (nSPS) is 15.9. The van der Waals surface area contributed by atoms with Crippen LogP contribution in [0.15, 0.2) is 42.5 Å². The van der Waals surface area contributed by atoms with Crippen molar-refractivity contribution in [1.82, 2.24) is 9.88 Å². The Labute approximate surface area is 189 Å². The van der Waals surface area contributed by atoms with Gasteiger partial charge in [-0.15, -0.1) is 11.3 Å². The Morgan fingerprint density at radius 3 is 2.65 bits per heavy atom. The van der Waals surface area contributed by atoms with Crippen LogP contribution in [0.4, 0.5) is 0 Å². The van der Waals surface area contributed by atoms with Crippen LogP contribution in [0.3, 0.4) is 0 Å². The predicted molar refractivity (Wildman–Crippen MR) is 125 cm³/mol. The van der Waals surface area contributed by atoms with Gasteiger partial charge in [0.05, 0.1) is 30.7 Å². The number of pyridine rings is 1. The van der Waals surface area contributed by atoms with Crippen molar-refractivity contribution >= 4 is 49.8 Å². The fourth-order valence-corrected chi connectivity index (χ4v) is 5.79. The van der Waals surface area contributed by atoms with E-state index in [0.717, 1.165) is 33.0 Å². The van der Waals surface area contributed by atoms with Gasteiger partial charge in [0.15, 0.2) is 11.5 Å². The number of fused-ring (bicyclic) bond motifs is 4. The molecule has 3 heterocycles. The zero-order valence-electron chi connectivity index (χ0n) is 17.4. The average molecular weight is 453 g/mol. The maximum absolute atomic E-state index is 13.5. The highest BCUT2D eigenvalue weighted by atomic mass is 35.5. The molecule has 5 nitrogen and oxygen atoms in total. The summed E-state index contributed by atoms with van der Waals surface area (Å²) >= 11 is 7.92. The van der Waals surface area contributed by atoms with E-state index >= 15 is 0 Å². The average Bonchev–Trinajstić information content (AvgIpc) is 3.25. The first-order chi connectivity index (χ1) is 15.0. The number of rotatable bonds is 3. The fraction of sp³-hybridized carbons (Fsp3) is 0.250. The number of para-hydroxylation sites is 1. The van der Waals surface area contributed by atoms with Gasteiger partial charge in [0.25, 0.3) is 5.91 Å². The molecular weight excluding hydrogens is 432 g/mol. The minimum absolute atomic E-state index is 0.00860. The van der Waals surface area contributed by atoms with Gasteiger partial charge < -0.3 is 14.4 Å². The van der Waals surface area contributed by atoms with E-state index < -0.39 is 0 Å². The van der Waals surface area contributed by atoms with Gasteiger partial charge in [-0.2, -0.15) is 0 Å². The van der Waals surface area contributed by atoms with Crippen molar-refractivity contribution in [3.05, 3.63) is 63.6 Å². The number of hydrogen-bond acceptors (Lipinski definition) is 5. The smallest absolute Gasteiger partial charge is 0.264 e. The summed E-state index contributed by atoms with van der Waals surface area (Å²) in [7, 11) is 3.26. The molecule has 2 aromatic heterocycles. The molecule has 31 heavy (non-hydrogen) atoms. The van der Waals surface area contributed by atoms with Gasteiger partial charge in [-0.05, 0) is 48.7 Å². The quantitative estimate of drug-likeness (QED) is 0.364. The number of amides is 1. The lowest BCUT2D eigenvalue weighted by Crippen LogP contribution is -2.38. The molecule has 0 spiro atoms. The third-order valence-electron chi connectivity index (χ3n) is 5.98. The number of benzene rings is 2. The highest BCUT2D eigenvalue weighted by Crippen LogP contribution is 2.40. The number of halogens is 1. The number of carbonyl (C=O) groups excluding carboxylic acids is 1. The first-order valence-corrected chi connectivity index (χ1v) is 11.2. The van der Waals surface area contributed by atoms with Crippen molar-refractivity contribution in [1.29, 1.82) is 0 Å². The minimum Gasteiger partial charge on any atom is -0.493 e. The lowest BCUT2D eigenvalue weighted by molar-refractivity contribution is 0.0682. The third-order valence-corrected chi connectivity index (χ3v) is 7.42. The van der Waals surface area contributed by atoms with Gasteiger partial charge in [-0.25, -0.2) is 4.98 Å². The number of methoxy groups -OCH3 is 2. The highest BCUT2D eigenvalue weighted by molar-refractivity contribution is 7.21. The van der Waals surface area contributed by atoms with Crippen LogP contribution in [0.2, 0.25) is 5.15 Å². The lowest BCUT2D eigenvalue weighted by atomic mass is 9.92. The zero-order chi connectivity index (χ0) is 21.7. The summed E-state index contributed by atoms with van der Waals surface area (Å²) in [5, 5.41) is 2.27. The van der Waals surface area contributed by atoms with Crippen molar-refractivity contribution in [2.45, 2.75) is 19.4 Å². The molecule has 0 aliphatic carbocycles. The number of carbonyl (C=O) groups is 1. The maximum atomic E-state index is 13.5. The SMILES string of the molecule is COc1cc2c(cc1OC)[C@@H](C)N(C(=O)c1cc3c(Cl)nc4ccccc4c3s1)CC2. The Hall–Kier alpha value is -2.83. The molecule has 0 bridgehead atoms. The molecule has 5 rings (SSSR count). The van der Waals surface area contributed by atoms with Crippen LogP contribution in [-0.2, 0) is 6.42 Å². The second kappa shape index (κ2) is 7.70. The second-order valence-electron chi connectivity index (χ2n) is 7.60. The zero-order valence-corrected chi connectivity index (χ0v) is 19.0. The van der Waals surface area contributed by atoms with Crippen LogP contribution >= 0.6 is 22.9 Å². The standard InChI is InChI=1S/C24H21ClN2O3S/c1-13-16-11-20(30-3)19(29-2)10-14(16)8-9-27(13)24(28)21-12-17-22(31-21)15-6-4-5-7-18(15)26-23(17)25/h4-7,10-13H,8-9H2,1-3H3/t13-/m1/s1. The van der Waals surface area contributed by atoms with E-state index in [-0.39, 0.29) is 11.9 Å².